The van der Waals surface area contributed by atoms with Crippen LogP contribution in [0.1, 0.15) is 55.9 Å². The summed E-state index contributed by atoms with van der Waals surface area (Å²) in [6, 6.07) is 19.3. The van der Waals surface area contributed by atoms with Gasteiger partial charge in [-0.1, -0.05) is 56.3 Å². The lowest BCUT2D eigenvalue weighted by Crippen LogP contribution is -2.29. The molecule has 29 heavy (non-hydrogen) atoms. The first-order valence-electron chi connectivity index (χ1n) is 10.9. The van der Waals surface area contributed by atoms with Crippen LogP contribution in [-0.4, -0.2) is 12.5 Å². The predicted molar refractivity (Wildman–Crippen MR) is 118 cm³/mol. The number of benzene rings is 2. The van der Waals surface area contributed by atoms with E-state index in [2.05, 4.69) is 59.9 Å². The zero-order valence-electron chi connectivity index (χ0n) is 17.5. The van der Waals surface area contributed by atoms with Crippen molar-refractivity contribution in [3.8, 4) is 0 Å². The zero-order valence-corrected chi connectivity index (χ0v) is 17.5. The van der Waals surface area contributed by atoms with Crippen LogP contribution in [0.15, 0.2) is 59.0 Å². The van der Waals surface area contributed by atoms with Crippen LogP contribution in [0, 0.1) is 11.8 Å². The van der Waals surface area contributed by atoms with Crippen molar-refractivity contribution >= 4 is 16.9 Å². The summed E-state index contributed by atoms with van der Waals surface area (Å²) < 4.78 is 6.13. The van der Waals surface area contributed by atoms with Crippen LogP contribution in [0.2, 0.25) is 0 Å². The molecule has 2 aromatic carbocycles. The molecule has 0 bridgehead atoms. The van der Waals surface area contributed by atoms with E-state index in [1.807, 2.05) is 13.8 Å². The fraction of sp³-hybridized carbons (Fsp3) is 0.423. The lowest BCUT2D eigenvalue weighted by molar-refractivity contribution is -0.124. The molecule has 0 spiro atoms. The molecule has 1 aromatic heterocycles. The number of hydrogen-bond donors (Lipinski definition) is 1. The molecule has 1 fully saturated rings. The molecule has 152 valence electrons. The molecule has 1 N–H and O–H groups in total. The Morgan fingerprint density at radius 2 is 1.86 bits per heavy atom. The summed E-state index contributed by atoms with van der Waals surface area (Å²) >= 11 is 0. The van der Waals surface area contributed by atoms with Gasteiger partial charge in [0.25, 0.3) is 0 Å². The topological polar surface area (TPSA) is 42.2 Å². The Kier molecular flexibility index (Phi) is 6.03. The highest BCUT2D eigenvalue weighted by atomic mass is 16.3. The summed E-state index contributed by atoms with van der Waals surface area (Å²) in [6.07, 6.45) is 5.57. The second kappa shape index (κ2) is 8.86. The highest BCUT2D eigenvalue weighted by molar-refractivity contribution is 5.83. The molecule has 1 aliphatic rings. The smallest absolute Gasteiger partial charge is 0.222 e. The molecular weight excluding hydrogens is 358 g/mol. The van der Waals surface area contributed by atoms with E-state index < -0.39 is 0 Å². The van der Waals surface area contributed by atoms with Gasteiger partial charge in [0.05, 0.1) is 0 Å². The average Bonchev–Trinajstić information content (AvgIpc) is 3.38. The maximum atomic E-state index is 11.8. The molecule has 1 amide bonds. The number of carbonyl (C=O) groups excluding carboxylic acids is 1. The number of unbranched alkanes of at least 4 members (excludes halogenated alkanes) is 1. The number of aryl methyl sites for hydroxylation is 2. The number of hydrogen-bond acceptors (Lipinski definition) is 2. The third-order valence-corrected chi connectivity index (χ3v) is 6.01. The van der Waals surface area contributed by atoms with Crippen molar-refractivity contribution in [2.24, 2.45) is 11.8 Å². The highest BCUT2D eigenvalue weighted by Crippen LogP contribution is 2.49. The van der Waals surface area contributed by atoms with E-state index in [0.717, 1.165) is 43.6 Å². The van der Waals surface area contributed by atoms with Gasteiger partial charge in [0, 0.05) is 24.3 Å². The van der Waals surface area contributed by atoms with Crippen LogP contribution in [0.3, 0.4) is 0 Å². The Bertz CT molecular complexity index is 957. The summed E-state index contributed by atoms with van der Waals surface area (Å²) in [5, 5.41) is 4.34. The maximum Gasteiger partial charge on any atom is 0.222 e. The molecule has 4 rings (SSSR count). The number of fused-ring (bicyclic) bond motifs is 1. The minimum atomic E-state index is 0.0500. The highest BCUT2D eigenvalue weighted by Gasteiger charge is 2.39. The Balaban J connectivity index is 1.33. The first-order chi connectivity index (χ1) is 14.1. The third-order valence-electron chi connectivity index (χ3n) is 6.01. The lowest BCUT2D eigenvalue weighted by atomic mass is 10.0. The number of carbonyl (C=O) groups is 1. The SMILES string of the molecule is CC(C)C(=O)NC[C@@H]1CC1c1cccc2oc(CCCCc3ccccc3)cc12. The molecule has 3 nitrogen and oxygen atoms in total. The van der Waals surface area contributed by atoms with Gasteiger partial charge in [-0.3, -0.25) is 4.79 Å². The van der Waals surface area contributed by atoms with E-state index >= 15 is 0 Å². The number of amides is 1. The van der Waals surface area contributed by atoms with Gasteiger partial charge in [-0.05, 0) is 60.8 Å². The Labute approximate surface area is 173 Å². The van der Waals surface area contributed by atoms with Gasteiger partial charge in [-0.25, -0.2) is 0 Å². The number of nitrogens with one attached hydrogen (secondary N) is 1. The van der Waals surface area contributed by atoms with E-state index in [0.29, 0.717) is 11.8 Å². The maximum absolute atomic E-state index is 11.8. The molecule has 3 heteroatoms. The first-order valence-corrected chi connectivity index (χ1v) is 10.9. The normalized spacial score (nSPS) is 18.3. The van der Waals surface area contributed by atoms with E-state index in [1.54, 1.807) is 0 Å². The van der Waals surface area contributed by atoms with Crippen molar-refractivity contribution < 1.29 is 9.21 Å². The zero-order chi connectivity index (χ0) is 20.2. The lowest BCUT2D eigenvalue weighted by Gasteiger charge is -2.07. The minimum absolute atomic E-state index is 0.0500. The second-order valence-corrected chi connectivity index (χ2v) is 8.67. The summed E-state index contributed by atoms with van der Waals surface area (Å²) in [5.41, 5.74) is 3.78. The Morgan fingerprint density at radius 1 is 1.07 bits per heavy atom. The van der Waals surface area contributed by atoms with Gasteiger partial charge >= 0.3 is 0 Å². The third kappa shape index (κ3) is 4.90. The summed E-state index contributed by atoms with van der Waals surface area (Å²) in [4.78, 5) is 11.8. The van der Waals surface area contributed by atoms with Crippen LogP contribution in [-0.2, 0) is 17.6 Å². The Morgan fingerprint density at radius 3 is 2.66 bits per heavy atom. The second-order valence-electron chi connectivity index (χ2n) is 8.67. The summed E-state index contributed by atoms with van der Waals surface area (Å²) in [6.45, 7) is 4.66. The van der Waals surface area contributed by atoms with Crippen LogP contribution in [0.5, 0.6) is 0 Å². The van der Waals surface area contributed by atoms with Gasteiger partial charge < -0.3 is 9.73 Å². The molecule has 1 aliphatic carbocycles. The first kappa shape index (κ1) is 19.8. The molecule has 1 heterocycles. The van der Waals surface area contributed by atoms with E-state index in [-0.39, 0.29) is 11.8 Å². The minimum Gasteiger partial charge on any atom is -0.461 e. The average molecular weight is 390 g/mol. The van der Waals surface area contributed by atoms with E-state index in [4.69, 9.17) is 4.42 Å². The van der Waals surface area contributed by atoms with Crippen LogP contribution in [0.4, 0.5) is 0 Å². The Hall–Kier alpha value is -2.55. The molecule has 2 atom stereocenters. The van der Waals surface area contributed by atoms with Gasteiger partial charge in [-0.2, -0.15) is 0 Å². The molecule has 0 aliphatic heterocycles. The summed E-state index contributed by atoms with van der Waals surface area (Å²) in [5.74, 6) is 2.37. The fourth-order valence-electron chi connectivity index (χ4n) is 4.15. The molecule has 1 saturated carbocycles. The molecule has 0 saturated heterocycles. The number of rotatable bonds is 9. The van der Waals surface area contributed by atoms with Crippen molar-refractivity contribution in [1.29, 1.82) is 0 Å². The van der Waals surface area contributed by atoms with E-state index in [9.17, 15) is 4.79 Å². The predicted octanol–water partition coefficient (Wildman–Crippen LogP) is 5.87. The van der Waals surface area contributed by atoms with Crippen molar-refractivity contribution in [3.63, 3.8) is 0 Å². The molecule has 3 aromatic rings. The standard InChI is InChI=1S/C26H31NO2/c1-18(2)26(28)27-17-20-15-23(20)22-13-8-14-25-24(22)16-21(29-25)12-7-6-11-19-9-4-3-5-10-19/h3-5,8-10,13-14,16,18,20,23H,6-7,11-12,15,17H2,1-2H3,(H,27,28)/t20-,23?/m0/s1. The van der Waals surface area contributed by atoms with Gasteiger partial charge in [0.15, 0.2) is 0 Å². The molecule has 0 radical (unpaired) electrons. The van der Waals surface area contributed by atoms with Gasteiger partial charge in [0.1, 0.15) is 11.3 Å². The molecular formula is C26H31NO2. The quantitative estimate of drug-likeness (QED) is 0.465. The number of furan rings is 1. The van der Waals surface area contributed by atoms with E-state index in [1.165, 1.54) is 22.9 Å². The monoisotopic (exact) mass is 389 g/mol. The summed E-state index contributed by atoms with van der Waals surface area (Å²) in [7, 11) is 0. The van der Waals surface area contributed by atoms with Crippen molar-refractivity contribution in [2.45, 2.75) is 51.9 Å². The fourth-order valence-corrected chi connectivity index (χ4v) is 4.15. The molecule has 1 unspecified atom stereocenters. The largest absolute Gasteiger partial charge is 0.461 e. The van der Waals surface area contributed by atoms with Gasteiger partial charge in [0.2, 0.25) is 5.91 Å². The van der Waals surface area contributed by atoms with Gasteiger partial charge in [-0.15, -0.1) is 0 Å². The van der Waals surface area contributed by atoms with Crippen molar-refractivity contribution in [1.82, 2.24) is 5.32 Å². The van der Waals surface area contributed by atoms with Crippen LogP contribution in [0.25, 0.3) is 11.0 Å². The van der Waals surface area contributed by atoms with Crippen LogP contribution < -0.4 is 5.32 Å². The van der Waals surface area contributed by atoms with Crippen LogP contribution >= 0.6 is 0 Å². The van der Waals surface area contributed by atoms with Crippen molar-refractivity contribution in [2.75, 3.05) is 6.54 Å². The van der Waals surface area contributed by atoms with Crippen molar-refractivity contribution in [3.05, 3.63) is 71.5 Å².